The van der Waals surface area contributed by atoms with E-state index in [4.69, 9.17) is 14.5 Å². The SMILES string of the molecule is CCOC(=O)N1c2ccc(C)nc2C(Nc2ncc(N3CCOCC3)c(Cc3cc(C(F)(F)F)cc(C(F)(F)F)c3)n2)CC1CC. The largest absolute Gasteiger partial charge is 0.449 e. The van der Waals surface area contributed by atoms with E-state index in [1.54, 1.807) is 24.0 Å². The number of aromatic nitrogens is 3. The van der Waals surface area contributed by atoms with E-state index in [1.807, 2.05) is 18.7 Å². The number of hydrogen-bond donors (Lipinski definition) is 1. The molecule has 15 heteroatoms. The van der Waals surface area contributed by atoms with Crippen molar-refractivity contribution in [1.29, 1.82) is 0 Å². The van der Waals surface area contributed by atoms with Gasteiger partial charge in [-0.05, 0) is 62.6 Å². The number of carbonyl (C=O) groups is 1. The molecular weight excluding hydrogens is 618 g/mol. The molecule has 1 amide bonds. The quantitative estimate of drug-likeness (QED) is 0.275. The molecule has 2 unspecified atom stereocenters. The molecular formula is C31H34F6N6O3. The van der Waals surface area contributed by atoms with E-state index in [0.29, 0.717) is 74.0 Å². The summed E-state index contributed by atoms with van der Waals surface area (Å²) in [5, 5.41) is 3.28. The Morgan fingerprint density at radius 1 is 1.00 bits per heavy atom. The van der Waals surface area contributed by atoms with Gasteiger partial charge >= 0.3 is 18.4 Å². The Bertz CT molecular complexity index is 1530. The lowest BCUT2D eigenvalue weighted by Gasteiger charge is -2.39. The maximum absolute atomic E-state index is 13.6. The van der Waals surface area contributed by atoms with E-state index in [0.717, 1.165) is 0 Å². The van der Waals surface area contributed by atoms with Crippen LogP contribution >= 0.6 is 0 Å². The van der Waals surface area contributed by atoms with Gasteiger partial charge in [-0.3, -0.25) is 9.88 Å². The van der Waals surface area contributed by atoms with Crippen molar-refractivity contribution < 1.29 is 40.6 Å². The van der Waals surface area contributed by atoms with Crippen LogP contribution in [0.2, 0.25) is 0 Å². The number of hydrogen-bond acceptors (Lipinski definition) is 8. The highest BCUT2D eigenvalue weighted by Crippen LogP contribution is 2.40. The highest BCUT2D eigenvalue weighted by molar-refractivity contribution is 5.90. The lowest BCUT2D eigenvalue weighted by atomic mass is 9.93. The van der Waals surface area contributed by atoms with Gasteiger partial charge in [0.2, 0.25) is 5.95 Å². The van der Waals surface area contributed by atoms with Gasteiger partial charge in [0.1, 0.15) is 0 Å². The number of alkyl halides is 6. The molecule has 46 heavy (non-hydrogen) atoms. The maximum Gasteiger partial charge on any atom is 0.416 e. The Morgan fingerprint density at radius 3 is 2.28 bits per heavy atom. The van der Waals surface area contributed by atoms with E-state index >= 15 is 0 Å². The van der Waals surface area contributed by atoms with Gasteiger partial charge in [0.15, 0.2) is 0 Å². The molecule has 0 spiro atoms. The predicted octanol–water partition coefficient (Wildman–Crippen LogP) is 6.94. The summed E-state index contributed by atoms with van der Waals surface area (Å²) in [6.07, 6.45) is -8.22. The van der Waals surface area contributed by atoms with Gasteiger partial charge in [-0.15, -0.1) is 0 Å². The van der Waals surface area contributed by atoms with Crippen molar-refractivity contribution in [1.82, 2.24) is 15.0 Å². The van der Waals surface area contributed by atoms with Crippen LogP contribution in [0.3, 0.4) is 0 Å². The normalized spacial score (nSPS) is 18.7. The molecule has 4 heterocycles. The first-order valence-corrected chi connectivity index (χ1v) is 15.0. The third kappa shape index (κ3) is 7.29. The number of ether oxygens (including phenoxy) is 2. The van der Waals surface area contributed by atoms with E-state index in [-0.39, 0.29) is 42.3 Å². The Morgan fingerprint density at radius 2 is 1.67 bits per heavy atom. The van der Waals surface area contributed by atoms with Crippen molar-refractivity contribution in [3.63, 3.8) is 0 Å². The van der Waals surface area contributed by atoms with Gasteiger partial charge in [-0.25, -0.2) is 14.8 Å². The molecule has 2 aliphatic heterocycles. The molecule has 2 atom stereocenters. The van der Waals surface area contributed by atoms with Crippen molar-refractivity contribution in [3.05, 3.63) is 70.3 Å². The zero-order valence-electron chi connectivity index (χ0n) is 25.5. The number of morpholine rings is 1. The summed E-state index contributed by atoms with van der Waals surface area (Å²) >= 11 is 0. The third-order valence-electron chi connectivity index (χ3n) is 7.96. The summed E-state index contributed by atoms with van der Waals surface area (Å²) in [4.78, 5) is 30.3. The molecule has 2 aromatic heterocycles. The number of amides is 1. The van der Waals surface area contributed by atoms with Crippen LogP contribution in [-0.4, -0.2) is 60.0 Å². The molecule has 3 aromatic rings. The van der Waals surface area contributed by atoms with Crippen LogP contribution in [0, 0.1) is 6.92 Å². The van der Waals surface area contributed by atoms with Crippen LogP contribution < -0.4 is 15.1 Å². The number of halogens is 6. The molecule has 9 nitrogen and oxygen atoms in total. The molecule has 248 valence electrons. The highest BCUT2D eigenvalue weighted by atomic mass is 19.4. The number of fused-ring (bicyclic) bond motifs is 1. The minimum absolute atomic E-state index is 0.110. The second-order valence-electron chi connectivity index (χ2n) is 11.1. The first kappa shape index (κ1) is 33.2. The summed E-state index contributed by atoms with van der Waals surface area (Å²) in [7, 11) is 0. The molecule has 2 aliphatic rings. The fourth-order valence-corrected chi connectivity index (χ4v) is 5.78. The molecule has 0 radical (unpaired) electrons. The lowest BCUT2D eigenvalue weighted by molar-refractivity contribution is -0.143. The number of anilines is 3. The fourth-order valence-electron chi connectivity index (χ4n) is 5.78. The zero-order chi connectivity index (χ0) is 33.2. The molecule has 1 fully saturated rings. The van der Waals surface area contributed by atoms with Crippen LogP contribution in [0.4, 0.5) is 48.5 Å². The molecule has 5 rings (SSSR count). The van der Waals surface area contributed by atoms with E-state index < -0.39 is 35.6 Å². The number of aryl methyl sites for hydroxylation is 1. The third-order valence-corrected chi connectivity index (χ3v) is 7.96. The minimum atomic E-state index is -4.98. The van der Waals surface area contributed by atoms with Gasteiger partial charge in [0.05, 0.1) is 65.9 Å². The summed E-state index contributed by atoms with van der Waals surface area (Å²) in [5.41, 5.74) is -0.417. The molecule has 1 N–H and O–H groups in total. The van der Waals surface area contributed by atoms with Crippen molar-refractivity contribution >= 4 is 23.4 Å². The van der Waals surface area contributed by atoms with Crippen LogP contribution in [-0.2, 0) is 28.2 Å². The van der Waals surface area contributed by atoms with Gasteiger partial charge < -0.3 is 19.7 Å². The Labute approximate surface area is 261 Å². The molecule has 0 bridgehead atoms. The summed E-state index contributed by atoms with van der Waals surface area (Å²) in [6.45, 7) is 7.34. The number of pyridine rings is 1. The minimum Gasteiger partial charge on any atom is -0.449 e. The summed E-state index contributed by atoms with van der Waals surface area (Å²) in [6, 6.07) is 4.41. The predicted molar refractivity (Wildman–Crippen MR) is 158 cm³/mol. The number of carbonyl (C=O) groups excluding carboxylic acids is 1. The fraction of sp³-hybridized carbons (Fsp3) is 0.484. The standard InChI is InChI=1S/C31H34F6N6O3/c1-4-22-16-24(27-25(7-6-18(3)39-27)43(22)29(44)46-5-2)41-28-38-17-26(42-8-10-45-11-9-42)23(40-28)14-19-12-20(30(32,33)34)15-21(13-19)31(35,36)37/h6-7,12-13,15,17,22,24H,4-5,8-11,14,16H2,1-3H3,(H,38,40,41). The zero-order valence-corrected chi connectivity index (χ0v) is 25.5. The maximum atomic E-state index is 13.6. The Hall–Kier alpha value is -4.14. The van der Waals surface area contributed by atoms with Gasteiger partial charge in [0, 0.05) is 31.2 Å². The van der Waals surface area contributed by atoms with Gasteiger partial charge in [0.25, 0.3) is 0 Å². The second kappa shape index (κ2) is 13.3. The van der Waals surface area contributed by atoms with Crippen molar-refractivity contribution in [3.8, 4) is 0 Å². The average Bonchev–Trinajstić information content (AvgIpc) is 3.00. The smallest absolute Gasteiger partial charge is 0.416 e. The Kier molecular flexibility index (Phi) is 9.61. The molecule has 0 saturated carbocycles. The van der Waals surface area contributed by atoms with Crippen molar-refractivity contribution in [2.75, 3.05) is 48.0 Å². The van der Waals surface area contributed by atoms with Crippen LogP contribution in [0.25, 0.3) is 0 Å². The van der Waals surface area contributed by atoms with E-state index in [9.17, 15) is 31.1 Å². The first-order valence-electron chi connectivity index (χ1n) is 15.0. The summed E-state index contributed by atoms with van der Waals surface area (Å²) < 4.78 is 92.6. The van der Waals surface area contributed by atoms with Gasteiger partial charge in [-0.1, -0.05) is 6.92 Å². The Balaban J connectivity index is 1.54. The monoisotopic (exact) mass is 652 g/mol. The molecule has 1 saturated heterocycles. The van der Waals surface area contributed by atoms with Crippen LogP contribution in [0.15, 0.2) is 36.5 Å². The van der Waals surface area contributed by atoms with Crippen LogP contribution in [0.5, 0.6) is 0 Å². The lowest BCUT2D eigenvalue weighted by Crippen LogP contribution is -2.46. The number of nitrogens with one attached hydrogen (secondary N) is 1. The van der Waals surface area contributed by atoms with E-state index in [1.165, 1.54) is 6.20 Å². The number of benzene rings is 1. The van der Waals surface area contributed by atoms with Crippen LogP contribution in [0.1, 0.15) is 66.5 Å². The highest BCUT2D eigenvalue weighted by Gasteiger charge is 2.39. The van der Waals surface area contributed by atoms with Crippen molar-refractivity contribution in [2.45, 2.75) is 64.5 Å². The molecule has 1 aromatic carbocycles. The summed E-state index contributed by atoms with van der Waals surface area (Å²) in [5.74, 6) is 0.119. The first-order chi connectivity index (χ1) is 21.8. The topological polar surface area (TPSA) is 92.7 Å². The number of rotatable bonds is 7. The second-order valence-corrected chi connectivity index (χ2v) is 11.1. The van der Waals surface area contributed by atoms with Crippen molar-refractivity contribution in [2.24, 2.45) is 0 Å². The van der Waals surface area contributed by atoms with Gasteiger partial charge in [-0.2, -0.15) is 26.3 Å². The van der Waals surface area contributed by atoms with E-state index in [2.05, 4.69) is 15.3 Å². The molecule has 0 aliphatic carbocycles. The average molecular weight is 653 g/mol. The number of nitrogens with zero attached hydrogens (tertiary/aromatic N) is 5.